The average molecular weight is 312 g/mol. The van der Waals surface area contributed by atoms with Crippen molar-refractivity contribution in [3.8, 4) is 0 Å². The highest BCUT2D eigenvalue weighted by Crippen LogP contribution is 2.24. The topological polar surface area (TPSA) is 80.5 Å². The minimum Gasteiger partial charge on any atom is -0.399 e. The molecule has 1 aliphatic rings. The van der Waals surface area contributed by atoms with Gasteiger partial charge in [-0.2, -0.15) is 0 Å². The number of hydrogen-bond donors (Lipinski definition) is 2. The Hall–Kier alpha value is -2.60. The van der Waals surface area contributed by atoms with Crippen molar-refractivity contribution in [2.75, 3.05) is 42.3 Å². The van der Waals surface area contributed by atoms with Crippen LogP contribution in [0.1, 0.15) is 15.9 Å². The fourth-order valence-electron chi connectivity index (χ4n) is 2.60. The number of nitrogens with two attached hydrogens (primary N) is 1. The molecule has 3 N–H and O–H groups in total. The van der Waals surface area contributed by atoms with Gasteiger partial charge in [0.05, 0.1) is 18.9 Å². The first-order chi connectivity index (χ1) is 11.1. The van der Waals surface area contributed by atoms with E-state index in [0.717, 1.165) is 24.5 Å². The molecule has 0 radical (unpaired) electrons. The molecule has 2 aromatic rings. The number of pyridine rings is 1. The summed E-state index contributed by atoms with van der Waals surface area (Å²) in [7, 11) is 0. The minimum absolute atomic E-state index is 0.183. The first-order valence-corrected chi connectivity index (χ1v) is 7.60. The molecular weight excluding hydrogens is 292 g/mol. The predicted octanol–water partition coefficient (Wildman–Crippen LogP) is 2.06. The van der Waals surface area contributed by atoms with Crippen LogP contribution in [0.4, 0.5) is 17.2 Å². The third kappa shape index (κ3) is 3.43. The summed E-state index contributed by atoms with van der Waals surface area (Å²) in [5.41, 5.74) is 8.51. The molecule has 2 heterocycles. The van der Waals surface area contributed by atoms with Gasteiger partial charge in [0, 0.05) is 30.5 Å². The molecule has 1 amide bonds. The number of anilines is 3. The van der Waals surface area contributed by atoms with Gasteiger partial charge in [0.1, 0.15) is 0 Å². The molecule has 0 bridgehead atoms. The van der Waals surface area contributed by atoms with Crippen molar-refractivity contribution in [1.82, 2.24) is 4.98 Å². The molecule has 0 saturated carbocycles. The number of nitrogens with zero attached hydrogens (tertiary/aromatic N) is 2. The lowest BCUT2D eigenvalue weighted by Crippen LogP contribution is -2.37. The summed E-state index contributed by atoms with van der Waals surface area (Å²) in [5.74, 6) is 0.586. The summed E-state index contributed by atoms with van der Waals surface area (Å²) in [6.45, 7) is 4.74. The number of aryl methyl sites for hydroxylation is 1. The zero-order chi connectivity index (χ0) is 16.2. The first kappa shape index (κ1) is 15.3. The SMILES string of the molecule is Cc1ccc(N)cc1C(=O)Nc1cccnc1N1CCOCC1. The molecule has 23 heavy (non-hydrogen) atoms. The van der Waals surface area contributed by atoms with E-state index in [2.05, 4.69) is 15.2 Å². The molecule has 6 nitrogen and oxygen atoms in total. The lowest BCUT2D eigenvalue weighted by atomic mass is 10.1. The van der Waals surface area contributed by atoms with E-state index in [1.807, 2.05) is 25.1 Å². The van der Waals surface area contributed by atoms with Crippen LogP contribution >= 0.6 is 0 Å². The lowest BCUT2D eigenvalue weighted by Gasteiger charge is -2.29. The van der Waals surface area contributed by atoms with Crippen molar-refractivity contribution in [3.63, 3.8) is 0 Å². The van der Waals surface area contributed by atoms with Gasteiger partial charge < -0.3 is 20.7 Å². The van der Waals surface area contributed by atoms with Gasteiger partial charge in [0.25, 0.3) is 5.91 Å². The van der Waals surface area contributed by atoms with Crippen LogP contribution in [0.2, 0.25) is 0 Å². The molecule has 0 atom stereocenters. The maximum absolute atomic E-state index is 12.6. The van der Waals surface area contributed by atoms with Crippen molar-refractivity contribution in [3.05, 3.63) is 47.7 Å². The number of rotatable bonds is 3. The van der Waals surface area contributed by atoms with Crippen LogP contribution in [0, 0.1) is 6.92 Å². The van der Waals surface area contributed by atoms with Gasteiger partial charge in [-0.15, -0.1) is 0 Å². The summed E-state index contributed by atoms with van der Waals surface area (Å²) in [6.07, 6.45) is 1.73. The predicted molar refractivity (Wildman–Crippen MR) is 90.8 cm³/mol. The number of carbonyl (C=O) groups is 1. The maximum Gasteiger partial charge on any atom is 0.256 e. The number of nitrogens with one attached hydrogen (secondary N) is 1. The lowest BCUT2D eigenvalue weighted by molar-refractivity contribution is 0.102. The third-order valence-electron chi connectivity index (χ3n) is 3.85. The highest BCUT2D eigenvalue weighted by atomic mass is 16.5. The molecular formula is C17H20N4O2. The van der Waals surface area contributed by atoms with Crippen molar-refractivity contribution >= 4 is 23.1 Å². The third-order valence-corrected chi connectivity index (χ3v) is 3.85. The Kier molecular flexibility index (Phi) is 4.43. The normalized spacial score (nSPS) is 14.6. The monoisotopic (exact) mass is 312 g/mol. The van der Waals surface area contributed by atoms with Gasteiger partial charge >= 0.3 is 0 Å². The summed E-state index contributed by atoms with van der Waals surface area (Å²) in [4.78, 5) is 19.1. The molecule has 1 aromatic heterocycles. The molecule has 1 saturated heterocycles. The summed E-state index contributed by atoms with van der Waals surface area (Å²) in [5, 5.41) is 2.95. The van der Waals surface area contributed by atoms with E-state index in [1.54, 1.807) is 18.3 Å². The minimum atomic E-state index is -0.183. The van der Waals surface area contributed by atoms with E-state index in [0.29, 0.717) is 30.2 Å². The summed E-state index contributed by atoms with van der Waals surface area (Å²) >= 11 is 0. The maximum atomic E-state index is 12.6. The van der Waals surface area contributed by atoms with Gasteiger partial charge in [-0.25, -0.2) is 4.98 Å². The second-order valence-electron chi connectivity index (χ2n) is 5.50. The smallest absolute Gasteiger partial charge is 0.256 e. The van der Waals surface area contributed by atoms with Gasteiger partial charge in [-0.05, 0) is 36.8 Å². The zero-order valence-electron chi connectivity index (χ0n) is 13.1. The van der Waals surface area contributed by atoms with Crippen LogP contribution in [0.3, 0.4) is 0 Å². The Labute approximate surface area is 135 Å². The van der Waals surface area contributed by atoms with Crippen LogP contribution in [-0.4, -0.2) is 37.2 Å². The second-order valence-corrected chi connectivity index (χ2v) is 5.50. The van der Waals surface area contributed by atoms with E-state index in [-0.39, 0.29) is 5.91 Å². The number of hydrogen-bond acceptors (Lipinski definition) is 5. The number of morpholine rings is 1. The van der Waals surface area contributed by atoms with Gasteiger partial charge in [-0.3, -0.25) is 4.79 Å². The Morgan fingerprint density at radius 3 is 2.87 bits per heavy atom. The molecule has 6 heteroatoms. The number of carbonyl (C=O) groups excluding carboxylic acids is 1. The quantitative estimate of drug-likeness (QED) is 0.848. The van der Waals surface area contributed by atoms with Gasteiger partial charge in [0.15, 0.2) is 5.82 Å². The molecule has 0 spiro atoms. The Morgan fingerprint density at radius 1 is 1.30 bits per heavy atom. The highest BCUT2D eigenvalue weighted by molar-refractivity contribution is 6.07. The number of ether oxygens (including phenoxy) is 1. The van der Waals surface area contributed by atoms with E-state index in [4.69, 9.17) is 10.5 Å². The van der Waals surface area contributed by atoms with Gasteiger partial charge in [0.2, 0.25) is 0 Å². The number of aromatic nitrogens is 1. The fraction of sp³-hybridized carbons (Fsp3) is 0.294. The number of nitrogen functional groups attached to an aromatic ring is 1. The molecule has 0 unspecified atom stereocenters. The molecule has 0 aliphatic carbocycles. The molecule has 1 aliphatic heterocycles. The Bertz CT molecular complexity index is 711. The number of amides is 1. The highest BCUT2D eigenvalue weighted by Gasteiger charge is 2.18. The molecule has 1 fully saturated rings. The van der Waals surface area contributed by atoms with Crippen LogP contribution in [-0.2, 0) is 4.74 Å². The number of benzene rings is 1. The van der Waals surface area contributed by atoms with Crippen LogP contribution in [0.25, 0.3) is 0 Å². The summed E-state index contributed by atoms with van der Waals surface area (Å²) in [6, 6.07) is 8.99. The molecule has 120 valence electrons. The molecule has 1 aromatic carbocycles. The van der Waals surface area contributed by atoms with E-state index >= 15 is 0 Å². The van der Waals surface area contributed by atoms with Crippen molar-refractivity contribution in [1.29, 1.82) is 0 Å². The fourth-order valence-corrected chi connectivity index (χ4v) is 2.60. The van der Waals surface area contributed by atoms with Crippen LogP contribution in [0.15, 0.2) is 36.5 Å². The van der Waals surface area contributed by atoms with E-state index in [9.17, 15) is 4.79 Å². The standard InChI is InChI=1S/C17H20N4O2/c1-12-4-5-13(18)11-14(12)17(22)20-15-3-2-6-19-16(15)21-7-9-23-10-8-21/h2-6,11H,7-10,18H2,1H3,(H,20,22). The van der Waals surface area contributed by atoms with E-state index in [1.165, 1.54) is 0 Å². The van der Waals surface area contributed by atoms with Crippen molar-refractivity contribution in [2.45, 2.75) is 6.92 Å². The van der Waals surface area contributed by atoms with Crippen LogP contribution < -0.4 is 16.0 Å². The second kappa shape index (κ2) is 6.66. The van der Waals surface area contributed by atoms with Crippen molar-refractivity contribution < 1.29 is 9.53 Å². The van der Waals surface area contributed by atoms with Crippen molar-refractivity contribution in [2.24, 2.45) is 0 Å². The van der Waals surface area contributed by atoms with Gasteiger partial charge in [-0.1, -0.05) is 6.07 Å². The molecule has 3 rings (SSSR count). The largest absolute Gasteiger partial charge is 0.399 e. The Morgan fingerprint density at radius 2 is 2.09 bits per heavy atom. The van der Waals surface area contributed by atoms with Crippen LogP contribution in [0.5, 0.6) is 0 Å². The summed E-state index contributed by atoms with van der Waals surface area (Å²) < 4.78 is 5.37. The first-order valence-electron chi connectivity index (χ1n) is 7.60. The van der Waals surface area contributed by atoms with E-state index < -0.39 is 0 Å². The Balaban J connectivity index is 1.85. The zero-order valence-corrected chi connectivity index (χ0v) is 13.1. The average Bonchev–Trinajstić information content (AvgIpc) is 2.58.